The lowest BCUT2D eigenvalue weighted by Gasteiger charge is -2.36. The molecule has 2 bridgehead atoms. The van der Waals surface area contributed by atoms with Crippen molar-refractivity contribution < 1.29 is 13.5 Å². The second kappa shape index (κ2) is 5.03. The summed E-state index contributed by atoms with van der Waals surface area (Å²) in [5, 5.41) is 9.66. The second-order valence-corrected chi connectivity index (χ2v) is 7.61. The average Bonchev–Trinajstić information content (AvgIpc) is 2.52. The molecule has 3 unspecified atom stereocenters. The molecular weight excluding hydrogens is 262 g/mol. The van der Waals surface area contributed by atoms with Crippen LogP contribution in [0, 0.1) is 5.92 Å². The molecule has 3 atom stereocenters. The van der Waals surface area contributed by atoms with E-state index in [1.165, 1.54) is 0 Å². The molecule has 1 N–H and O–H groups in total. The number of piperidine rings is 1. The van der Waals surface area contributed by atoms with Crippen molar-refractivity contribution in [3.8, 4) is 0 Å². The highest BCUT2D eigenvalue weighted by molar-refractivity contribution is 7.89. The molecule has 100 valence electrons. The lowest BCUT2D eigenvalue weighted by atomic mass is 10.0. The average molecular weight is 282 g/mol. The number of nitrogens with zero attached hydrogens (tertiary/aromatic N) is 1. The van der Waals surface area contributed by atoms with Crippen molar-refractivity contribution in [1.29, 1.82) is 0 Å². The molecule has 0 aliphatic carbocycles. The van der Waals surface area contributed by atoms with E-state index in [9.17, 15) is 13.5 Å². The number of hydrogen-bond acceptors (Lipinski definition) is 3. The predicted molar refractivity (Wildman–Crippen MR) is 67.6 cm³/mol. The quantitative estimate of drug-likeness (QED) is 0.787. The Balaban J connectivity index is 2.12. The number of rotatable bonds is 4. The molecule has 0 aromatic carbocycles. The van der Waals surface area contributed by atoms with Crippen LogP contribution in [0.1, 0.15) is 32.6 Å². The SMILES string of the molecule is CC(CCl)CS(=O)(=O)N1C2CCC1CC(O)C2. The van der Waals surface area contributed by atoms with E-state index in [4.69, 9.17) is 11.6 Å². The summed E-state index contributed by atoms with van der Waals surface area (Å²) in [7, 11) is -3.22. The number of aliphatic hydroxyl groups is 1. The molecule has 2 aliphatic rings. The fourth-order valence-electron chi connectivity index (χ4n) is 3.05. The van der Waals surface area contributed by atoms with Crippen LogP contribution >= 0.6 is 11.6 Å². The molecule has 4 nitrogen and oxygen atoms in total. The topological polar surface area (TPSA) is 57.6 Å². The summed E-state index contributed by atoms with van der Waals surface area (Å²) in [4.78, 5) is 0. The molecular formula is C11H20ClNO3S. The number of fused-ring (bicyclic) bond motifs is 2. The second-order valence-electron chi connectivity index (χ2n) is 5.38. The van der Waals surface area contributed by atoms with Gasteiger partial charge in [-0.25, -0.2) is 8.42 Å². The maximum Gasteiger partial charge on any atom is 0.214 e. The van der Waals surface area contributed by atoms with Gasteiger partial charge in [0.15, 0.2) is 0 Å². The van der Waals surface area contributed by atoms with Crippen LogP contribution in [0.3, 0.4) is 0 Å². The number of hydrogen-bond donors (Lipinski definition) is 1. The molecule has 2 aliphatic heterocycles. The van der Waals surface area contributed by atoms with Crippen LogP contribution in [0.25, 0.3) is 0 Å². The monoisotopic (exact) mass is 281 g/mol. The lowest BCUT2D eigenvalue weighted by Crippen LogP contribution is -2.49. The minimum atomic E-state index is -3.22. The number of aliphatic hydroxyl groups excluding tert-OH is 1. The van der Waals surface area contributed by atoms with Gasteiger partial charge >= 0.3 is 0 Å². The van der Waals surface area contributed by atoms with Gasteiger partial charge < -0.3 is 5.11 Å². The van der Waals surface area contributed by atoms with Crippen LogP contribution in [0.2, 0.25) is 0 Å². The Hall–Kier alpha value is 0.160. The molecule has 2 heterocycles. The van der Waals surface area contributed by atoms with E-state index in [2.05, 4.69) is 0 Å². The maximum atomic E-state index is 12.3. The smallest absolute Gasteiger partial charge is 0.214 e. The zero-order valence-electron chi connectivity index (χ0n) is 10.0. The first-order valence-corrected chi connectivity index (χ1v) is 8.33. The van der Waals surface area contributed by atoms with Gasteiger partial charge in [-0.2, -0.15) is 4.31 Å². The van der Waals surface area contributed by atoms with Crippen molar-refractivity contribution in [3.05, 3.63) is 0 Å². The Morgan fingerprint density at radius 1 is 1.35 bits per heavy atom. The summed E-state index contributed by atoms with van der Waals surface area (Å²) < 4.78 is 26.3. The Bertz CT molecular complexity index is 359. The van der Waals surface area contributed by atoms with E-state index in [1.807, 2.05) is 6.92 Å². The normalized spacial score (nSPS) is 36.1. The van der Waals surface area contributed by atoms with E-state index < -0.39 is 10.0 Å². The predicted octanol–water partition coefficient (Wildman–Crippen LogP) is 1.18. The molecule has 0 spiro atoms. The Morgan fingerprint density at radius 2 is 1.88 bits per heavy atom. The third kappa shape index (κ3) is 2.78. The summed E-state index contributed by atoms with van der Waals surface area (Å²) in [5.41, 5.74) is 0. The van der Waals surface area contributed by atoms with Crippen LogP contribution in [0.4, 0.5) is 0 Å². The molecule has 0 aromatic rings. The van der Waals surface area contributed by atoms with E-state index in [1.54, 1.807) is 4.31 Å². The first-order chi connectivity index (χ1) is 7.94. The summed E-state index contributed by atoms with van der Waals surface area (Å²) in [6, 6.07) is 0.0209. The van der Waals surface area contributed by atoms with Crippen molar-refractivity contribution in [1.82, 2.24) is 4.31 Å². The molecule has 0 saturated carbocycles. The third-order valence-electron chi connectivity index (χ3n) is 3.72. The fraction of sp³-hybridized carbons (Fsp3) is 1.00. The van der Waals surface area contributed by atoms with Gasteiger partial charge in [0.2, 0.25) is 10.0 Å². The molecule has 0 aromatic heterocycles. The zero-order valence-corrected chi connectivity index (χ0v) is 11.6. The van der Waals surface area contributed by atoms with Gasteiger partial charge in [0.1, 0.15) is 0 Å². The van der Waals surface area contributed by atoms with Gasteiger partial charge in [0.25, 0.3) is 0 Å². The molecule has 2 rings (SSSR count). The number of sulfonamides is 1. The summed E-state index contributed by atoms with van der Waals surface area (Å²) >= 11 is 5.69. The van der Waals surface area contributed by atoms with Crippen LogP contribution in [0.5, 0.6) is 0 Å². The molecule has 6 heteroatoms. The Labute approximate surface area is 108 Å². The third-order valence-corrected chi connectivity index (χ3v) is 6.48. The summed E-state index contributed by atoms with van der Waals surface area (Å²) in [6.45, 7) is 1.85. The molecule has 0 amide bonds. The van der Waals surface area contributed by atoms with E-state index >= 15 is 0 Å². The van der Waals surface area contributed by atoms with Crippen molar-refractivity contribution in [2.75, 3.05) is 11.6 Å². The van der Waals surface area contributed by atoms with Gasteiger partial charge in [0, 0.05) is 18.0 Å². The van der Waals surface area contributed by atoms with Crippen molar-refractivity contribution in [2.45, 2.75) is 50.8 Å². The standard InChI is InChI=1S/C11H20ClNO3S/c1-8(6-12)7-17(15,16)13-9-2-3-10(13)5-11(14)4-9/h8-11,14H,2-7H2,1H3. The highest BCUT2D eigenvalue weighted by atomic mass is 35.5. The van der Waals surface area contributed by atoms with Crippen LogP contribution in [-0.2, 0) is 10.0 Å². The fourth-order valence-corrected chi connectivity index (χ4v) is 5.59. The largest absolute Gasteiger partial charge is 0.393 e. The van der Waals surface area contributed by atoms with Crippen LogP contribution < -0.4 is 0 Å². The van der Waals surface area contributed by atoms with Crippen molar-refractivity contribution in [3.63, 3.8) is 0 Å². The minimum Gasteiger partial charge on any atom is -0.393 e. The number of halogens is 1. The molecule has 0 radical (unpaired) electrons. The van der Waals surface area contributed by atoms with Gasteiger partial charge in [-0.3, -0.25) is 0 Å². The highest BCUT2D eigenvalue weighted by Crippen LogP contribution is 2.38. The van der Waals surface area contributed by atoms with E-state index in [-0.39, 0.29) is 29.9 Å². The summed E-state index contributed by atoms with van der Waals surface area (Å²) in [5.74, 6) is 0.470. The van der Waals surface area contributed by atoms with E-state index in [0.717, 1.165) is 12.8 Å². The highest BCUT2D eigenvalue weighted by Gasteiger charge is 2.46. The zero-order chi connectivity index (χ0) is 12.6. The minimum absolute atomic E-state index is 0.0104. The first-order valence-electron chi connectivity index (χ1n) is 6.19. The molecule has 2 saturated heterocycles. The Morgan fingerprint density at radius 3 is 2.35 bits per heavy atom. The molecule has 2 fully saturated rings. The number of alkyl halides is 1. The summed E-state index contributed by atoms with van der Waals surface area (Å²) in [6.07, 6.45) is 2.62. The van der Waals surface area contributed by atoms with Crippen molar-refractivity contribution in [2.24, 2.45) is 5.92 Å². The Kier molecular flexibility index (Phi) is 4.02. The molecule has 17 heavy (non-hydrogen) atoms. The van der Waals surface area contributed by atoms with Crippen LogP contribution in [-0.4, -0.2) is 47.7 Å². The van der Waals surface area contributed by atoms with Gasteiger partial charge in [-0.15, -0.1) is 11.6 Å². The van der Waals surface area contributed by atoms with Gasteiger partial charge in [0.05, 0.1) is 11.9 Å². The van der Waals surface area contributed by atoms with E-state index in [0.29, 0.717) is 18.7 Å². The van der Waals surface area contributed by atoms with Crippen molar-refractivity contribution >= 4 is 21.6 Å². The van der Waals surface area contributed by atoms with Gasteiger partial charge in [-0.05, 0) is 31.6 Å². The van der Waals surface area contributed by atoms with Crippen LogP contribution in [0.15, 0.2) is 0 Å². The maximum absolute atomic E-state index is 12.3. The van der Waals surface area contributed by atoms with Gasteiger partial charge in [-0.1, -0.05) is 6.92 Å². The first kappa shape index (κ1) is 13.6. The lowest BCUT2D eigenvalue weighted by molar-refractivity contribution is 0.0768.